The Morgan fingerprint density at radius 3 is 3.07 bits per heavy atom. The van der Waals surface area contributed by atoms with E-state index < -0.39 is 0 Å². The average molecular weight is 193 g/mol. The first-order valence-electron chi connectivity index (χ1n) is 4.80. The molecule has 14 heavy (non-hydrogen) atoms. The van der Waals surface area contributed by atoms with Crippen LogP contribution in [-0.4, -0.2) is 31.4 Å². The van der Waals surface area contributed by atoms with Gasteiger partial charge in [-0.3, -0.25) is 0 Å². The number of aryl methyl sites for hydroxylation is 1. The number of fused-ring (bicyclic) bond motifs is 1. The van der Waals surface area contributed by atoms with E-state index in [1.54, 1.807) is 0 Å². The zero-order valence-corrected chi connectivity index (χ0v) is 8.53. The maximum Gasteiger partial charge on any atom is 0.143 e. The monoisotopic (exact) mass is 193 g/mol. The van der Waals surface area contributed by atoms with E-state index in [4.69, 9.17) is 9.84 Å². The van der Waals surface area contributed by atoms with Gasteiger partial charge in [-0.15, -0.1) is 0 Å². The van der Waals surface area contributed by atoms with Crippen LogP contribution in [0.1, 0.15) is 5.56 Å². The number of anilines is 1. The highest BCUT2D eigenvalue weighted by Crippen LogP contribution is 2.32. The van der Waals surface area contributed by atoms with Gasteiger partial charge in [0.2, 0.25) is 0 Å². The Labute approximate surface area is 83.9 Å². The largest absolute Gasteiger partial charge is 0.484 e. The first kappa shape index (κ1) is 9.34. The van der Waals surface area contributed by atoms with Crippen molar-refractivity contribution >= 4 is 5.69 Å². The van der Waals surface area contributed by atoms with Gasteiger partial charge in [-0.05, 0) is 24.6 Å². The van der Waals surface area contributed by atoms with Crippen LogP contribution < -0.4 is 9.64 Å². The molecule has 1 heterocycles. The minimum atomic E-state index is -0.103. The molecule has 0 bridgehead atoms. The fourth-order valence-corrected chi connectivity index (χ4v) is 1.75. The van der Waals surface area contributed by atoms with Gasteiger partial charge in [0.15, 0.2) is 0 Å². The third-order valence-corrected chi connectivity index (χ3v) is 2.50. The van der Waals surface area contributed by atoms with Crippen molar-refractivity contribution in [3.8, 4) is 5.75 Å². The second-order valence-electron chi connectivity index (χ2n) is 3.77. The summed E-state index contributed by atoms with van der Waals surface area (Å²) in [6.45, 7) is 2.84. The van der Waals surface area contributed by atoms with Gasteiger partial charge in [0.05, 0.1) is 18.8 Å². The van der Waals surface area contributed by atoms with Crippen molar-refractivity contribution in [2.24, 2.45) is 0 Å². The van der Waals surface area contributed by atoms with Crippen LogP contribution >= 0.6 is 0 Å². The van der Waals surface area contributed by atoms with Crippen LogP contribution in [0.15, 0.2) is 18.2 Å². The molecule has 1 aliphatic rings. The van der Waals surface area contributed by atoms with Crippen molar-refractivity contribution in [3.63, 3.8) is 0 Å². The van der Waals surface area contributed by atoms with Crippen LogP contribution in [0, 0.1) is 6.92 Å². The lowest BCUT2D eigenvalue weighted by atomic mass is 10.1. The average Bonchev–Trinajstić information content (AvgIpc) is 2.16. The Morgan fingerprint density at radius 1 is 1.57 bits per heavy atom. The normalized spacial score (nSPS) is 20.2. The Hall–Kier alpha value is -1.22. The summed E-state index contributed by atoms with van der Waals surface area (Å²) in [6, 6.07) is 6.13. The lowest BCUT2D eigenvalue weighted by Crippen LogP contribution is -2.39. The number of nitrogens with zero attached hydrogens (tertiary/aromatic N) is 1. The molecule has 1 atom stereocenters. The molecule has 1 aromatic carbocycles. The van der Waals surface area contributed by atoms with Crippen LogP contribution in [0.3, 0.4) is 0 Å². The summed E-state index contributed by atoms with van der Waals surface area (Å²) in [5, 5.41) is 9.05. The van der Waals surface area contributed by atoms with Gasteiger partial charge < -0.3 is 14.7 Å². The van der Waals surface area contributed by atoms with E-state index in [2.05, 4.69) is 17.0 Å². The van der Waals surface area contributed by atoms with Crippen LogP contribution in [-0.2, 0) is 0 Å². The third-order valence-electron chi connectivity index (χ3n) is 2.50. The van der Waals surface area contributed by atoms with Crippen molar-refractivity contribution in [1.82, 2.24) is 0 Å². The Kier molecular flexibility index (Phi) is 2.33. The molecule has 1 aliphatic heterocycles. The number of likely N-dealkylation sites (N-methyl/N-ethyl adjacent to an activating group) is 1. The summed E-state index contributed by atoms with van der Waals surface area (Å²) >= 11 is 0. The van der Waals surface area contributed by atoms with Crippen molar-refractivity contribution in [1.29, 1.82) is 0 Å². The van der Waals surface area contributed by atoms with Gasteiger partial charge in [0.25, 0.3) is 0 Å². The second-order valence-corrected chi connectivity index (χ2v) is 3.77. The number of aliphatic hydroxyl groups excluding tert-OH is 1. The third kappa shape index (κ3) is 1.55. The number of hydrogen-bond acceptors (Lipinski definition) is 3. The molecule has 0 unspecified atom stereocenters. The quantitative estimate of drug-likeness (QED) is 0.727. The lowest BCUT2D eigenvalue weighted by Gasteiger charge is -2.33. The summed E-state index contributed by atoms with van der Waals surface area (Å²) in [4.78, 5) is 2.11. The summed E-state index contributed by atoms with van der Waals surface area (Å²) in [7, 11) is 2.01. The van der Waals surface area contributed by atoms with Crippen LogP contribution in [0.25, 0.3) is 0 Å². The predicted octanol–water partition coefficient (Wildman–Crippen LogP) is 1.18. The molecule has 0 radical (unpaired) electrons. The molecule has 0 spiro atoms. The molecule has 2 rings (SSSR count). The van der Waals surface area contributed by atoms with Crippen molar-refractivity contribution in [2.75, 3.05) is 25.1 Å². The zero-order valence-electron chi connectivity index (χ0n) is 8.53. The molecular formula is C11H15NO2. The predicted molar refractivity (Wildman–Crippen MR) is 56.0 cm³/mol. The first-order chi connectivity index (χ1) is 6.70. The van der Waals surface area contributed by atoms with E-state index in [0.717, 1.165) is 18.0 Å². The topological polar surface area (TPSA) is 32.7 Å². The van der Waals surface area contributed by atoms with E-state index in [-0.39, 0.29) is 12.7 Å². The Bertz CT molecular complexity index is 338. The van der Waals surface area contributed by atoms with E-state index in [0.29, 0.717) is 0 Å². The first-order valence-corrected chi connectivity index (χ1v) is 4.80. The molecular weight excluding hydrogens is 178 g/mol. The van der Waals surface area contributed by atoms with Crippen LogP contribution in [0.2, 0.25) is 0 Å². The van der Waals surface area contributed by atoms with Gasteiger partial charge >= 0.3 is 0 Å². The Balaban J connectivity index is 2.35. The minimum absolute atomic E-state index is 0.0672. The standard InChI is InChI=1S/C11H15NO2/c1-8-3-4-10-11(5-8)14-9(7-13)6-12(10)2/h3-5,9,13H,6-7H2,1-2H3/t9-/m0/s1. The second kappa shape index (κ2) is 3.50. The molecule has 76 valence electrons. The van der Waals surface area contributed by atoms with Gasteiger partial charge in [-0.25, -0.2) is 0 Å². The summed E-state index contributed by atoms with van der Waals surface area (Å²) in [5.74, 6) is 0.873. The van der Waals surface area contributed by atoms with E-state index in [9.17, 15) is 0 Å². The number of ether oxygens (including phenoxy) is 1. The minimum Gasteiger partial charge on any atom is -0.484 e. The molecule has 0 aliphatic carbocycles. The highest BCUT2D eigenvalue weighted by molar-refractivity contribution is 5.60. The van der Waals surface area contributed by atoms with Crippen molar-refractivity contribution in [2.45, 2.75) is 13.0 Å². The maximum absolute atomic E-state index is 9.05. The number of rotatable bonds is 1. The van der Waals surface area contributed by atoms with Gasteiger partial charge in [0.1, 0.15) is 11.9 Å². The van der Waals surface area contributed by atoms with Gasteiger partial charge in [-0.1, -0.05) is 6.07 Å². The summed E-state index contributed by atoms with van der Waals surface area (Å²) in [5.41, 5.74) is 2.27. The molecule has 3 nitrogen and oxygen atoms in total. The summed E-state index contributed by atoms with van der Waals surface area (Å²) < 4.78 is 5.64. The molecule has 0 saturated heterocycles. The number of aliphatic hydroxyl groups is 1. The number of benzene rings is 1. The van der Waals surface area contributed by atoms with Gasteiger partial charge in [0, 0.05) is 7.05 Å². The molecule has 3 heteroatoms. The van der Waals surface area contributed by atoms with E-state index in [1.807, 2.05) is 20.0 Å². The zero-order chi connectivity index (χ0) is 10.1. The summed E-state index contributed by atoms with van der Waals surface area (Å²) in [6.07, 6.45) is -0.103. The van der Waals surface area contributed by atoms with Gasteiger partial charge in [-0.2, -0.15) is 0 Å². The highest BCUT2D eigenvalue weighted by atomic mass is 16.5. The van der Waals surface area contributed by atoms with Crippen molar-refractivity contribution in [3.05, 3.63) is 23.8 Å². The van der Waals surface area contributed by atoms with E-state index in [1.165, 1.54) is 5.56 Å². The smallest absolute Gasteiger partial charge is 0.143 e. The molecule has 0 saturated carbocycles. The molecule has 0 fully saturated rings. The van der Waals surface area contributed by atoms with Crippen LogP contribution in [0.4, 0.5) is 5.69 Å². The van der Waals surface area contributed by atoms with Crippen LogP contribution in [0.5, 0.6) is 5.75 Å². The fraction of sp³-hybridized carbons (Fsp3) is 0.455. The van der Waals surface area contributed by atoms with E-state index >= 15 is 0 Å². The SMILES string of the molecule is Cc1ccc2c(c1)O[C@H](CO)CN2C. The highest BCUT2D eigenvalue weighted by Gasteiger charge is 2.22. The molecule has 0 aromatic heterocycles. The lowest BCUT2D eigenvalue weighted by molar-refractivity contribution is 0.113. The molecule has 1 N–H and O–H groups in total. The Morgan fingerprint density at radius 2 is 2.36 bits per heavy atom. The maximum atomic E-state index is 9.05. The molecule has 1 aromatic rings. The van der Waals surface area contributed by atoms with Crippen molar-refractivity contribution < 1.29 is 9.84 Å². The molecule has 0 amide bonds. The fourth-order valence-electron chi connectivity index (χ4n) is 1.75. The number of hydrogen-bond donors (Lipinski definition) is 1.